The van der Waals surface area contributed by atoms with E-state index in [0.29, 0.717) is 13.1 Å². The van der Waals surface area contributed by atoms with E-state index in [4.69, 9.17) is 4.74 Å². The molecule has 0 radical (unpaired) electrons. The molecule has 86 valence electrons. The van der Waals surface area contributed by atoms with Gasteiger partial charge in [0.05, 0.1) is 0 Å². The predicted molar refractivity (Wildman–Crippen MR) is 53.5 cm³/mol. The molecule has 0 bridgehead atoms. The maximum atomic E-state index is 11.3. The lowest BCUT2D eigenvalue weighted by Crippen LogP contribution is -2.33. The Balaban J connectivity index is 2.34. The third-order valence-electron chi connectivity index (χ3n) is 1.92. The highest BCUT2D eigenvalue weighted by Crippen LogP contribution is 2.12. The summed E-state index contributed by atoms with van der Waals surface area (Å²) >= 11 is 0. The van der Waals surface area contributed by atoms with Crippen LogP contribution in [0.15, 0.2) is 0 Å². The lowest BCUT2D eigenvalue weighted by molar-refractivity contribution is 0.00382. The van der Waals surface area contributed by atoms with Crippen LogP contribution < -0.4 is 0 Å². The highest BCUT2D eigenvalue weighted by atomic mass is 16.8. The number of amides is 1. The first-order valence-electron chi connectivity index (χ1n) is 5.08. The molecule has 0 saturated carbocycles. The van der Waals surface area contributed by atoms with Crippen LogP contribution in [0.5, 0.6) is 0 Å². The molecule has 1 aliphatic heterocycles. The van der Waals surface area contributed by atoms with E-state index in [1.54, 1.807) is 20.8 Å². The van der Waals surface area contributed by atoms with Gasteiger partial charge in [0, 0.05) is 13.1 Å². The zero-order valence-electron chi connectivity index (χ0n) is 9.41. The second-order valence-electron chi connectivity index (χ2n) is 4.53. The summed E-state index contributed by atoms with van der Waals surface area (Å²) in [6.45, 7) is 6.46. The van der Waals surface area contributed by atoms with Crippen molar-refractivity contribution in [2.45, 2.75) is 39.2 Å². The van der Waals surface area contributed by atoms with Gasteiger partial charge in [0.15, 0.2) is 0 Å². The van der Waals surface area contributed by atoms with Crippen molar-refractivity contribution in [1.82, 2.24) is 4.90 Å². The maximum Gasteiger partial charge on any atom is 0.517 e. The van der Waals surface area contributed by atoms with E-state index >= 15 is 0 Å². The van der Waals surface area contributed by atoms with Crippen molar-refractivity contribution in [3.8, 4) is 0 Å². The minimum atomic E-state index is -0.931. The number of carbonyl (C=O) groups excluding carboxylic acids is 2. The van der Waals surface area contributed by atoms with E-state index in [-0.39, 0.29) is 0 Å². The van der Waals surface area contributed by atoms with E-state index in [2.05, 4.69) is 4.74 Å². The number of hydrogen-bond acceptors (Lipinski definition) is 4. The van der Waals surface area contributed by atoms with Gasteiger partial charge in [-0.15, -0.1) is 0 Å². The quantitative estimate of drug-likeness (QED) is 0.459. The Kier molecular flexibility index (Phi) is 3.55. The minimum Gasteiger partial charge on any atom is -0.428 e. The zero-order valence-corrected chi connectivity index (χ0v) is 9.41. The highest BCUT2D eigenvalue weighted by molar-refractivity contribution is 5.80. The monoisotopic (exact) mass is 215 g/mol. The fourth-order valence-electron chi connectivity index (χ4n) is 1.31. The van der Waals surface area contributed by atoms with Gasteiger partial charge in [-0.1, -0.05) is 0 Å². The molecule has 1 heterocycles. The van der Waals surface area contributed by atoms with Crippen molar-refractivity contribution in [3.63, 3.8) is 0 Å². The summed E-state index contributed by atoms with van der Waals surface area (Å²) in [5, 5.41) is 0. The van der Waals surface area contributed by atoms with E-state index in [1.807, 2.05) is 0 Å². The molecule has 0 spiro atoms. The van der Waals surface area contributed by atoms with Crippen LogP contribution >= 0.6 is 0 Å². The molecule has 1 rings (SSSR count). The highest BCUT2D eigenvalue weighted by Gasteiger charge is 2.25. The van der Waals surface area contributed by atoms with Crippen LogP contribution in [0.2, 0.25) is 0 Å². The predicted octanol–water partition coefficient (Wildman–Crippen LogP) is 2.15. The minimum absolute atomic E-state index is 0.609. The Bertz CT molecular complexity index is 251. The molecular weight excluding hydrogens is 198 g/mol. The first-order valence-corrected chi connectivity index (χ1v) is 5.08. The fraction of sp³-hybridized carbons (Fsp3) is 0.800. The van der Waals surface area contributed by atoms with Crippen molar-refractivity contribution in [2.24, 2.45) is 0 Å². The van der Waals surface area contributed by atoms with Crippen LogP contribution in [0, 0.1) is 0 Å². The van der Waals surface area contributed by atoms with Gasteiger partial charge in [0.2, 0.25) is 0 Å². The smallest absolute Gasteiger partial charge is 0.428 e. The van der Waals surface area contributed by atoms with Gasteiger partial charge in [-0.25, -0.2) is 9.59 Å². The molecule has 0 atom stereocenters. The van der Waals surface area contributed by atoms with Crippen molar-refractivity contribution < 1.29 is 19.1 Å². The first-order chi connectivity index (χ1) is 6.88. The molecular formula is C10H17NO4. The Morgan fingerprint density at radius 3 is 2.13 bits per heavy atom. The van der Waals surface area contributed by atoms with Crippen molar-refractivity contribution in [1.29, 1.82) is 0 Å². The molecule has 0 aromatic heterocycles. The number of nitrogens with zero attached hydrogens (tertiary/aromatic N) is 1. The summed E-state index contributed by atoms with van der Waals surface area (Å²) < 4.78 is 9.40. The average Bonchev–Trinajstić information content (AvgIpc) is 2.50. The van der Waals surface area contributed by atoms with Gasteiger partial charge in [-0.05, 0) is 33.6 Å². The van der Waals surface area contributed by atoms with Crippen LogP contribution in [0.25, 0.3) is 0 Å². The molecule has 1 saturated heterocycles. The van der Waals surface area contributed by atoms with Gasteiger partial charge in [0.1, 0.15) is 5.60 Å². The van der Waals surface area contributed by atoms with Crippen LogP contribution in [0.3, 0.4) is 0 Å². The van der Waals surface area contributed by atoms with Crippen LogP contribution in [0.4, 0.5) is 9.59 Å². The molecule has 5 nitrogen and oxygen atoms in total. The zero-order chi connectivity index (χ0) is 11.5. The number of rotatable bonds is 0. The van der Waals surface area contributed by atoms with Crippen molar-refractivity contribution in [2.75, 3.05) is 13.1 Å². The van der Waals surface area contributed by atoms with Gasteiger partial charge in [-0.2, -0.15) is 0 Å². The molecule has 1 fully saturated rings. The molecule has 0 aliphatic carbocycles. The number of hydrogen-bond donors (Lipinski definition) is 0. The Morgan fingerprint density at radius 1 is 1.13 bits per heavy atom. The average molecular weight is 215 g/mol. The van der Waals surface area contributed by atoms with E-state index in [1.165, 1.54) is 4.90 Å². The third kappa shape index (κ3) is 4.18. The Labute approximate surface area is 89.3 Å². The van der Waals surface area contributed by atoms with E-state index < -0.39 is 17.8 Å². The largest absolute Gasteiger partial charge is 0.517 e. The topological polar surface area (TPSA) is 55.8 Å². The Morgan fingerprint density at radius 2 is 1.67 bits per heavy atom. The maximum absolute atomic E-state index is 11.3. The molecule has 1 aliphatic rings. The molecule has 0 aromatic rings. The van der Waals surface area contributed by atoms with E-state index in [0.717, 1.165) is 12.8 Å². The molecule has 15 heavy (non-hydrogen) atoms. The molecule has 0 aromatic carbocycles. The summed E-state index contributed by atoms with van der Waals surface area (Å²) in [6.07, 6.45) is 0.383. The molecule has 0 N–H and O–H groups in total. The normalized spacial score (nSPS) is 16.3. The number of likely N-dealkylation sites (tertiary alicyclic amines) is 1. The van der Waals surface area contributed by atoms with Gasteiger partial charge < -0.3 is 14.4 Å². The lowest BCUT2D eigenvalue weighted by atomic mass is 10.2. The second-order valence-corrected chi connectivity index (χ2v) is 4.53. The SMILES string of the molecule is CC(C)(C)OC(=O)OC(=O)N1CCCC1. The van der Waals surface area contributed by atoms with Crippen molar-refractivity contribution in [3.05, 3.63) is 0 Å². The summed E-state index contributed by atoms with van der Waals surface area (Å²) in [4.78, 5) is 24.0. The molecule has 0 unspecified atom stereocenters. The van der Waals surface area contributed by atoms with Crippen LogP contribution in [-0.4, -0.2) is 35.8 Å². The fourth-order valence-corrected chi connectivity index (χ4v) is 1.31. The standard InChI is InChI=1S/C10H17NO4/c1-10(2,3)15-9(13)14-8(12)11-6-4-5-7-11/h4-7H2,1-3H3. The van der Waals surface area contributed by atoms with Crippen LogP contribution in [-0.2, 0) is 9.47 Å². The number of ether oxygens (including phenoxy) is 2. The Hall–Kier alpha value is -1.26. The second kappa shape index (κ2) is 4.51. The summed E-state index contributed by atoms with van der Waals surface area (Å²) in [7, 11) is 0. The summed E-state index contributed by atoms with van der Waals surface area (Å²) in [6, 6.07) is 0. The van der Waals surface area contributed by atoms with Gasteiger partial charge in [0.25, 0.3) is 0 Å². The van der Waals surface area contributed by atoms with Crippen LogP contribution in [0.1, 0.15) is 33.6 Å². The first kappa shape index (κ1) is 11.8. The lowest BCUT2D eigenvalue weighted by Gasteiger charge is -2.19. The number of carbonyl (C=O) groups is 2. The van der Waals surface area contributed by atoms with Crippen molar-refractivity contribution >= 4 is 12.2 Å². The van der Waals surface area contributed by atoms with Gasteiger partial charge in [-0.3, -0.25) is 0 Å². The van der Waals surface area contributed by atoms with E-state index in [9.17, 15) is 9.59 Å². The molecule has 1 amide bonds. The molecule has 5 heteroatoms. The third-order valence-corrected chi connectivity index (χ3v) is 1.92. The summed E-state index contributed by atoms with van der Waals surface area (Å²) in [5.41, 5.74) is -0.637. The van der Waals surface area contributed by atoms with Gasteiger partial charge >= 0.3 is 12.2 Å². The summed E-state index contributed by atoms with van der Waals surface area (Å²) in [5.74, 6) is 0.